The molecule has 1 amide bonds. The van der Waals surface area contributed by atoms with E-state index in [0.717, 1.165) is 60.1 Å². The number of para-hydroxylation sites is 1. The summed E-state index contributed by atoms with van der Waals surface area (Å²) in [6.07, 6.45) is 5.10. The quantitative estimate of drug-likeness (QED) is 0.226. The van der Waals surface area contributed by atoms with Gasteiger partial charge in [-0.15, -0.1) is 0 Å². The summed E-state index contributed by atoms with van der Waals surface area (Å²) >= 11 is 1.63. The van der Waals surface area contributed by atoms with Crippen LogP contribution in [0.4, 0.5) is 11.5 Å². The smallest absolute Gasteiger partial charge is 0.282 e. The van der Waals surface area contributed by atoms with Gasteiger partial charge in [0, 0.05) is 31.5 Å². The molecule has 168 valence electrons. The van der Waals surface area contributed by atoms with Crippen molar-refractivity contribution in [2.75, 3.05) is 30.3 Å². The zero-order valence-corrected chi connectivity index (χ0v) is 18.7. The minimum Gasteiger partial charge on any atom is -0.356 e. The highest BCUT2D eigenvalue weighted by Gasteiger charge is 2.22. The standard InChI is InChI=1S/C21H25N7O3S/c1-2-13-32-21-24-18(26-10-5-6-11-26)16-14-23-27(19(16)25-21)12-9-22-20(29)15-7-3-4-8-17(15)28(30)31/h3-4,7-8,14H,2,5-6,9-13H2,1H3,(H,22,29). The van der Waals surface area contributed by atoms with Gasteiger partial charge in [0.1, 0.15) is 11.4 Å². The first-order chi connectivity index (χ1) is 15.6. The van der Waals surface area contributed by atoms with Gasteiger partial charge in [-0.3, -0.25) is 14.9 Å². The molecule has 3 heterocycles. The number of rotatable bonds is 9. The molecule has 0 saturated carbocycles. The SMILES string of the molecule is CCCSc1nc(N2CCCC2)c2cnn(CCNC(=O)c3ccccc3[N+](=O)[O-])c2n1. The molecule has 3 aromatic rings. The fourth-order valence-electron chi connectivity index (χ4n) is 3.71. The van der Waals surface area contributed by atoms with Crippen LogP contribution in [-0.4, -0.2) is 56.0 Å². The highest BCUT2D eigenvalue weighted by molar-refractivity contribution is 7.99. The minimum atomic E-state index is -0.553. The highest BCUT2D eigenvalue weighted by atomic mass is 32.2. The second-order valence-corrected chi connectivity index (χ2v) is 8.57. The number of anilines is 1. The van der Waals surface area contributed by atoms with Crippen LogP contribution in [0.3, 0.4) is 0 Å². The van der Waals surface area contributed by atoms with Crippen LogP contribution in [0.15, 0.2) is 35.6 Å². The van der Waals surface area contributed by atoms with Gasteiger partial charge >= 0.3 is 0 Å². The number of nitrogens with zero attached hydrogens (tertiary/aromatic N) is 6. The van der Waals surface area contributed by atoms with Gasteiger partial charge in [0.2, 0.25) is 0 Å². The van der Waals surface area contributed by atoms with Gasteiger partial charge in [0.05, 0.1) is 23.1 Å². The fraction of sp³-hybridized carbons (Fsp3) is 0.429. The normalized spacial score (nSPS) is 13.6. The van der Waals surface area contributed by atoms with Crippen LogP contribution in [0.5, 0.6) is 0 Å². The summed E-state index contributed by atoms with van der Waals surface area (Å²) in [5.41, 5.74) is 0.565. The van der Waals surface area contributed by atoms with Crippen molar-refractivity contribution in [2.45, 2.75) is 37.9 Å². The molecule has 0 spiro atoms. The van der Waals surface area contributed by atoms with Crippen LogP contribution in [0, 0.1) is 10.1 Å². The first-order valence-corrected chi connectivity index (χ1v) is 11.7. The number of thioether (sulfide) groups is 1. The molecule has 32 heavy (non-hydrogen) atoms. The van der Waals surface area contributed by atoms with E-state index in [9.17, 15) is 14.9 Å². The first kappa shape index (κ1) is 22.0. The molecule has 11 heteroatoms. The molecule has 1 aliphatic rings. The molecule has 2 aromatic heterocycles. The molecule has 1 fully saturated rings. The predicted molar refractivity (Wildman–Crippen MR) is 123 cm³/mol. The lowest BCUT2D eigenvalue weighted by atomic mass is 10.1. The molecule has 4 rings (SSSR count). The summed E-state index contributed by atoms with van der Waals surface area (Å²) in [5.74, 6) is 1.37. The Morgan fingerprint density at radius 1 is 1.25 bits per heavy atom. The molecule has 1 aliphatic heterocycles. The Morgan fingerprint density at radius 2 is 2.03 bits per heavy atom. The van der Waals surface area contributed by atoms with Crippen molar-refractivity contribution in [1.29, 1.82) is 0 Å². The lowest BCUT2D eigenvalue weighted by Crippen LogP contribution is -2.28. The van der Waals surface area contributed by atoms with Crippen molar-refractivity contribution >= 4 is 40.2 Å². The molecule has 0 bridgehead atoms. The monoisotopic (exact) mass is 455 g/mol. The molecule has 0 radical (unpaired) electrons. The van der Waals surface area contributed by atoms with Crippen molar-refractivity contribution in [3.8, 4) is 0 Å². The molecule has 10 nitrogen and oxygen atoms in total. The topological polar surface area (TPSA) is 119 Å². The number of hydrogen-bond acceptors (Lipinski definition) is 8. The Labute approximate surface area is 189 Å². The molecule has 0 atom stereocenters. The van der Waals surface area contributed by atoms with E-state index in [-0.39, 0.29) is 17.8 Å². The Bertz CT molecular complexity index is 1130. The van der Waals surface area contributed by atoms with E-state index >= 15 is 0 Å². The zero-order chi connectivity index (χ0) is 22.5. The molecule has 1 aromatic carbocycles. The number of nitrogens with one attached hydrogen (secondary N) is 1. The summed E-state index contributed by atoms with van der Waals surface area (Å²) in [4.78, 5) is 34.9. The predicted octanol–water partition coefficient (Wildman–Crippen LogP) is 3.27. The van der Waals surface area contributed by atoms with E-state index in [1.54, 1.807) is 28.7 Å². The van der Waals surface area contributed by atoms with Gasteiger partial charge in [0.25, 0.3) is 11.6 Å². The number of hydrogen-bond donors (Lipinski definition) is 1. The zero-order valence-electron chi connectivity index (χ0n) is 17.9. The van der Waals surface area contributed by atoms with Gasteiger partial charge < -0.3 is 10.2 Å². The van der Waals surface area contributed by atoms with Crippen molar-refractivity contribution in [2.24, 2.45) is 0 Å². The van der Waals surface area contributed by atoms with E-state index in [2.05, 4.69) is 22.2 Å². The van der Waals surface area contributed by atoms with Gasteiger partial charge in [-0.1, -0.05) is 30.8 Å². The Kier molecular flexibility index (Phi) is 6.84. The number of nitro benzene ring substituents is 1. The summed E-state index contributed by atoms with van der Waals surface area (Å²) in [5, 5.41) is 20.0. The number of carbonyl (C=O) groups excluding carboxylic acids is 1. The summed E-state index contributed by atoms with van der Waals surface area (Å²) in [6.45, 7) is 4.73. The van der Waals surface area contributed by atoms with Gasteiger partial charge in [0.15, 0.2) is 10.8 Å². The molecule has 0 unspecified atom stereocenters. The molecular weight excluding hydrogens is 430 g/mol. The Hall–Kier alpha value is -3.21. The van der Waals surface area contributed by atoms with Crippen LogP contribution in [-0.2, 0) is 6.54 Å². The van der Waals surface area contributed by atoms with E-state index in [1.807, 2.05) is 0 Å². The summed E-state index contributed by atoms with van der Waals surface area (Å²) < 4.78 is 1.76. The van der Waals surface area contributed by atoms with Gasteiger partial charge in [-0.2, -0.15) is 5.10 Å². The maximum absolute atomic E-state index is 12.5. The van der Waals surface area contributed by atoms with Crippen LogP contribution in [0.1, 0.15) is 36.5 Å². The first-order valence-electron chi connectivity index (χ1n) is 10.7. The van der Waals surface area contributed by atoms with Gasteiger partial charge in [-0.05, 0) is 25.3 Å². The molecule has 1 N–H and O–H groups in total. The second-order valence-electron chi connectivity index (χ2n) is 7.51. The number of fused-ring (bicyclic) bond motifs is 1. The lowest BCUT2D eigenvalue weighted by molar-refractivity contribution is -0.385. The Morgan fingerprint density at radius 3 is 2.78 bits per heavy atom. The summed E-state index contributed by atoms with van der Waals surface area (Å²) in [6, 6.07) is 5.91. The Balaban J connectivity index is 1.52. The van der Waals surface area contributed by atoms with E-state index in [4.69, 9.17) is 9.97 Å². The van der Waals surface area contributed by atoms with Crippen LogP contribution >= 0.6 is 11.8 Å². The van der Waals surface area contributed by atoms with Crippen molar-refractivity contribution in [3.63, 3.8) is 0 Å². The van der Waals surface area contributed by atoms with Gasteiger partial charge in [-0.25, -0.2) is 14.6 Å². The second kappa shape index (κ2) is 9.94. The van der Waals surface area contributed by atoms with Crippen LogP contribution in [0.25, 0.3) is 11.0 Å². The molecular formula is C21H25N7O3S. The number of carbonyl (C=O) groups is 1. The number of benzene rings is 1. The third kappa shape index (κ3) is 4.67. The van der Waals surface area contributed by atoms with E-state index < -0.39 is 10.8 Å². The van der Waals surface area contributed by atoms with E-state index in [1.165, 1.54) is 18.2 Å². The van der Waals surface area contributed by atoms with Crippen LogP contribution < -0.4 is 10.2 Å². The van der Waals surface area contributed by atoms with E-state index in [0.29, 0.717) is 6.54 Å². The number of amides is 1. The van der Waals surface area contributed by atoms with Crippen molar-refractivity contribution < 1.29 is 9.72 Å². The third-order valence-corrected chi connectivity index (χ3v) is 6.30. The number of aromatic nitrogens is 4. The number of nitro groups is 1. The largest absolute Gasteiger partial charge is 0.356 e. The maximum Gasteiger partial charge on any atom is 0.282 e. The molecule has 0 aliphatic carbocycles. The average Bonchev–Trinajstić information content (AvgIpc) is 3.47. The lowest BCUT2D eigenvalue weighted by Gasteiger charge is -2.18. The van der Waals surface area contributed by atoms with Crippen molar-refractivity contribution in [3.05, 3.63) is 46.1 Å². The minimum absolute atomic E-state index is 0.0414. The summed E-state index contributed by atoms with van der Waals surface area (Å²) in [7, 11) is 0. The highest BCUT2D eigenvalue weighted by Crippen LogP contribution is 2.29. The average molecular weight is 456 g/mol. The van der Waals surface area contributed by atoms with Crippen molar-refractivity contribution in [1.82, 2.24) is 25.1 Å². The fourth-order valence-corrected chi connectivity index (χ4v) is 4.40. The maximum atomic E-state index is 12.5. The molecule has 1 saturated heterocycles. The third-order valence-electron chi connectivity index (χ3n) is 5.25. The van der Waals surface area contributed by atoms with Crippen LogP contribution in [0.2, 0.25) is 0 Å².